The molecule has 0 unspecified atom stereocenters. The molecular weight excluding hydrogens is 342 g/mol. The summed E-state index contributed by atoms with van der Waals surface area (Å²) < 4.78 is 0. The van der Waals surface area contributed by atoms with Crippen molar-refractivity contribution in [2.75, 3.05) is 19.6 Å². The fourth-order valence-electron chi connectivity index (χ4n) is 0. The molecule has 0 aliphatic rings. The quantitative estimate of drug-likeness (QED) is 0.685. The third kappa shape index (κ3) is 112. The van der Waals surface area contributed by atoms with E-state index < -0.39 is 0 Å². The topological polar surface area (TPSA) is 71.4 Å². The third-order valence-corrected chi connectivity index (χ3v) is 0.530. The van der Waals surface area contributed by atoms with Crippen LogP contribution in [0.3, 0.4) is 0 Å². The summed E-state index contributed by atoms with van der Waals surface area (Å²) in [7, 11) is 0. The summed E-state index contributed by atoms with van der Waals surface area (Å²) in [6.07, 6.45) is 2.21. The van der Waals surface area contributed by atoms with Crippen molar-refractivity contribution in [3.05, 3.63) is 38.0 Å². The largest absolute Gasteiger partial charge is 0.679 e. The van der Waals surface area contributed by atoms with Gasteiger partial charge < -0.3 is 38.0 Å². The minimum absolute atomic E-state index is 0. The molecule has 0 spiro atoms. The molecule has 0 aromatic carbocycles. The van der Waals surface area contributed by atoms with Gasteiger partial charge in [-0.15, -0.1) is 0 Å². The third-order valence-electron chi connectivity index (χ3n) is 0.530. The van der Waals surface area contributed by atoms with Crippen LogP contribution in [0, 0.1) is 20.8 Å². The SMILES string of the molecule is [CH2-]CC[NH-].[CH2-]CC[NH-].[CH2-]CC[NH-].[Ir]. The van der Waals surface area contributed by atoms with Gasteiger partial charge in [0.05, 0.1) is 0 Å². The fraction of sp³-hybridized carbons (Fsp3) is 0.667. The first-order valence-electron chi connectivity index (χ1n) is 4.06. The average molecular weight is 364 g/mol. The van der Waals surface area contributed by atoms with Crippen LogP contribution in [0.4, 0.5) is 0 Å². The maximum absolute atomic E-state index is 6.39. The fourth-order valence-corrected chi connectivity index (χ4v) is 0. The van der Waals surface area contributed by atoms with Gasteiger partial charge in [0.2, 0.25) is 0 Å². The van der Waals surface area contributed by atoms with E-state index >= 15 is 0 Å². The van der Waals surface area contributed by atoms with Gasteiger partial charge in [-0.3, -0.25) is 0 Å². The van der Waals surface area contributed by atoms with Crippen LogP contribution in [0.5, 0.6) is 0 Å². The van der Waals surface area contributed by atoms with Crippen molar-refractivity contribution in [3.63, 3.8) is 0 Å². The van der Waals surface area contributed by atoms with Gasteiger partial charge in [-0.1, -0.05) is 0 Å². The normalized spacial score (nSPS) is 6.92. The Morgan fingerprint density at radius 1 is 0.615 bits per heavy atom. The molecule has 0 aromatic heterocycles. The summed E-state index contributed by atoms with van der Waals surface area (Å²) in [5, 5.41) is 0. The van der Waals surface area contributed by atoms with Crippen LogP contribution in [0.1, 0.15) is 19.3 Å². The molecule has 4 heteroatoms. The van der Waals surface area contributed by atoms with Crippen LogP contribution >= 0.6 is 0 Å². The predicted molar refractivity (Wildman–Crippen MR) is 57.5 cm³/mol. The first-order valence-corrected chi connectivity index (χ1v) is 4.06. The zero-order chi connectivity index (χ0) is 10.2. The zero-order valence-electron chi connectivity index (χ0n) is 8.20. The van der Waals surface area contributed by atoms with Crippen LogP contribution in [0.2, 0.25) is 0 Å². The van der Waals surface area contributed by atoms with Crippen molar-refractivity contribution in [3.8, 4) is 0 Å². The van der Waals surface area contributed by atoms with Crippen LogP contribution < -0.4 is 0 Å². The van der Waals surface area contributed by atoms with Gasteiger partial charge in [0, 0.05) is 20.1 Å². The predicted octanol–water partition coefficient (Wildman–Crippen LogP) is 3.79. The Bertz CT molecular complexity index is 30.3. The second-order valence-corrected chi connectivity index (χ2v) is 1.81. The summed E-state index contributed by atoms with van der Waals surface area (Å²) >= 11 is 0. The van der Waals surface area contributed by atoms with E-state index in [0.29, 0.717) is 19.6 Å². The summed E-state index contributed by atoms with van der Waals surface area (Å²) in [6, 6.07) is 0. The molecule has 0 saturated heterocycles. The average Bonchev–Trinajstić information content (AvgIpc) is 2.18. The van der Waals surface area contributed by atoms with Gasteiger partial charge in [0.15, 0.2) is 0 Å². The Morgan fingerprint density at radius 3 is 0.692 bits per heavy atom. The van der Waals surface area contributed by atoms with Crippen molar-refractivity contribution in [1.82, 2.24) is 0 Å². The summed E-state index contributed by atoms with van der Waals surface area (Å²) in [5.41, 5.74) is 19.2. The van der Waals surface area contributed by atoms with Crippen LogP contribution in [0.25, 0.3) is 17.2 Å². The molecule has 0 aliphatic carbocycles. The van der Waals surface area contributed by atoms with Crippen molar-refractivity contribution >= 4 is 0 Å². The number of rotatable bonds is 3. The van der Waals surface area contributed by atoms with E-state index in [1.165, 1.54) is 0 Å². The molecule has 13 heavy (non-hydrogen) atoms. The Kier molecular flexibility index (Phi) is 70.3. The minimum atomic E-state index is 0. The van der Waals surface area contributed by atoms with Crippen LogP contribution in [-0.2, 0) is 20.1 Å². The molecule has 1 radical (unpaired) electrons. The second-order valence-electron chi connectivity index (χ2n) is 1.81. The van der Waals surface area contributed by atoms with Crippen LogP contribution in [-0.4, -0.2) is 19.6 Å². The maximum Gasteiger partial charge on any atom is 0 e. The number of hydrogen-bond acceptors (Lipinski definition) is 0. The Hall–Kier alpha value is 0.529. The number of nitrogens with one attached hydrogen (secondary N) is 3. The van der Waals surface area contributed by atoms with Crippen molar-refractivity contribution in [2.24, 2.45) is 0 Å². The van der Waals surface area contributed by atoms with Gasteiger partial charge in [-0.25, -0.2) is 19.3 Å². The monoisotopic (exact) mass is 364 g/mol. The Morgan fingerprint density at radius 2 is 0.692 bits per heavy atom. The van der Waals surface area contributed by atoms with Crippen molar-refractivity contribution < 1.29 is 20.1 Å². The molecular formula is C9H21IrN3-6. The van der Waals surface area contributed by atoms with E-state index in [1.54, 1.807) is 0 Å². The summed E-state index contributed by atoms with van der Waals surface area (Å²) in [6.45, 7) is 11.6. The molecule has 0 fully saturated rings. The molecule has 0 aromatic rings. The minimum Gasteiger partial charge on any atom is -0.679 e. The summed E-state index contributed by atoms with van der Waals surface area (Å²) in [4.78, 5) is 0. The maximum atomic E-state index is 6.39. The molecule has 0 atom stereocenters. The van der Waals surface area contributed by atoms with E-state index in [0.717, 1.165) is 19.3 Å². The van der Waals surface area contributed by atoms with Gasteiger partial charge in [0.1, 0.15) is 0 Å². The molecule has 0 aliphatic heterocycles. The molecule has 0 saturated carbocycles. The van der Waals surface area contributed by atoms with Gasteiger partial charge >= 0.3 is 0 Å². The van der Waals surface area contributed by atoms with Gasteiger partial charge in [-0.2, -0.15) is 19.6 Å². The van der Waals surface area contributed by atoms with Gasteiger partial charge in [0.25, 0.3) is 0 Å². The molecule has 3 N–H and O–H groups in total. The molecule has 3 nitrogen and oxygen atoms in total. The molecule has 0 amide bonds. The molecule has 0 rings (SSSR count). The Labute approximate surface area is 97.2 Å². The van der Waals surface area contributed by atoms with Crippen LogP contribution in [0.15, 0.2) is 0 Å². The standard InChI is InChI=1S/3C3H7N.Ir/c3*1-2-3-4;/h3*4H,1-3H2;/q3*-2;. The molecule has 0 heterocycles. The van der Waals surface area contributed by atoms with Gasteiger partial charge in [-0.05, 0) is 0 Å². The first kappa shape index (κ1) is 23.4. The van der Waals surface area contributed by atoms with E-state index in [1.807, 2.05) is 0 Å². The van der Waals surface area contributed by atoms with Crippen molar-refractivity contribution in [2.45, 2.75) is 19.3 Å². The molecule has 0 bridgehead atoms. The second kappa shape index (κ2) is 39.1. The van der Waals surface area contributed by atoms with E-state index in [4.69, 9.17) is 17.2 Å². The van der Waals surface area contributed by atoms with E-state index in [2.05, 4.69) is 20.8 Å². The summed E-state index contributed by atoms with van der Waals surface area (Å²) in [5.74, 6) is 0. The number of hydrogen-bond donors (Lipinski definition) is 0. The van der Waals surface area contributed by atoms with E-state index in [-0.39, 0.29) is 20.1 Å². The molecule has 87 valence electrons. The Balaban J connectivity index is -0.0000000450. The smallest absolute Gasteiger partial charge is 0 e. The van der Waals surface area contributed by atoms with Crippen molar-refractivity contribution in [1.29, 1.82) is 0 Å². The van der Waals surface area contributed by atoms with E-state index in [9.17, 15) is 0 Å². The zero-order valence-corrected chi connectivity index (χ0v) is 10.6. The first-order chi connectivity index (χ1) is 5.74.